The summed E-state index contributed by atoms with van der Waals surface area (Å²) in [5.41, 5.74) is 0. The second kappa shape index (κ2) is 60.7. The van der Waals surface area contributed by atoms with Crippen LogP contribution in [0.1, 0.15) is 351 Å². The molecule has 0 fully saturated rings. The smallest absolute Gasteiger partial charge is 0.462 e. The molecule has 3 N–H and O–H groups in total. The van der Waals surface area contributed by atoms with E-state index in [-0.39, 0.29) is 25.7 Å². The van der Waals surface area contributed by atoms with Crippen LogP contribution in [0.25, 0.3) is 0 Å². The Hall–Kier alpha value is -1.94. The molecule has 4 unspecified atom stereocenters. The van der Waals surface area contributed by atoms with Gasteiger partial charge in [0.05, 0.1) is 26.4 Å². The fourth-order valence-electron chi connectivity index (χ4n) is 10.6. The third kappa shape index (κ3) is 63.5. The molecule has 0 aromatic carbocycles. The van der Waals surface area contributed by atoms with E-state index in [1.54, 1.807) is 0 Å². The Kier molecular flexibility index (Phi) is 59.4. The number of hydrogen-bond donors (Lipinski definition) is 3. The van der Waals surface area contributed by atoms with E-state index >= 15 is 0 Å². The summed E-state index contributed by atoms with van der Waals surface area (Å²) in [6, 6.07) is 0. The van der Waals surface area contributed by atoms with Gasteiger partial charge in [-0.25, -0.2) is 9.13 Å². The number of phosphoric acid groups is 2. The van der Waals surface area contributed by atoms with Gasteiger partial charge in [0.15, 0.2) is 12.2 Å². The summed E-state index contributed by atoms with van der Waals surface area (Å²) < 4.78 is 68.3. The van der Waals surface area contributed by atoms with Crippen molar-refractivity contribution in [1.29, 1.82) is 0 Å². The number of carbonyl (C=O) groups is 4. The van der Waals surface area contributed by atoms with Crippen LogP contribution in [-0.4, -0.2) is 96.7 Å². The summed E-state index contributed by atoms with van der Waals surface area (Å²) in [6.45, 7) is 14.1. The zero-order valence-corrected chi connectivity index (χ0v) is 60.6. The standard InChI is InChI=1S/C71H138O17P2/c1-9-64(8)50-42-34-25-18-14-12-10-11-13-15-19-28-37-45-53-70(75)87-66(57-81-68(73)51-43-35-26-20-16-17-23-31-39-47-61(2)3)59-85-89(77,78)83-55-65(72)56-84-90(79,80)86-60-67(88-71(76)54-46-38-30-29-33-41-49-63(6)7)58-82-69(74)52-44-36-27-22-21-24-32-40-48-62(4)5/h61-67,72H,9-60H2,1-8H3,(H,77,78)(H,79,80)/t64?,65?,66-,67-/m1/s1. The van der Waals surface area contributed by atoms with Crippen molar-refractivity contribution in [3.05, 3.63) is 0 Å². The normalized spacial score (nSPS) is 14.6. The molecule has 90 heavy (non-hydrogen) atoms. The lowest BCUT2D eigenvalue weighted by molar-refractivity contribution is -0.161. The first kappa shape index (κ1) is 88.1. The molecule has 0 bridgehead atoms. The Balaban J connectivity index is 5.22. The second-order valence-electron chi connectivity index (χ2n) is 27.3. The molecule has 0 spiro atoms. The Labute approximate surface area is 549 Å². The summed E-state index contributed by atoms with van der Waals surface area (Å²) in [5.74, 6) is 0.853. The summed E-state index contributed by atoms with van der Waals surface area (Å²) in [5, 5.41) is 10.6. The van der Waals surface area contributed by atoms with Crippen LogP contribution in [0.15, 0.2) is 0 Å². The maximum atomic E-state index is 13.0. The first-order valence-electron chi connectivity index (χ1n) is 36.7. The lowest BCUT2D eigenvalue weighted by Crippen LogP contribution is -2.30. The van der Waals surface area contributed by atoms with Crippen molar-refractivity contribution in [3.8, 4) is 0 Å². The van der Waals surface area contributed by atoms with Crippen molar-refractivity contribution in [3.63, 3.8) is 0 Å². The highest BCUT2D eigenvalue weighted by molar-refractivity contribution is 7.47. The van der Waals surface area contributed by atoms with E-state index in [4.69, 9.17) is 37.0 Å². The molecule has 0 radical (unpaired) electrons. The van der Waals surface area contributed by atoms with E-state index in [1.165, 1.54) is 154 Å². The zero-order valence-electron chi connectivity index (χ0n) is 58.8. The Morgan fingerprint density at radius 1 is 0.311 bits per heavy atom. The predicted octanol–water partition coefficient (Wildman–Crippen LogP) is 20.1. The number of aliphatic hydroxyl groups is 1. The number of aliphatic hydroxyl groups excluding tert-OH is 1. The number of unbranched alkanes of at least 4 members (excludes halogenated alkanes) is 33. The maximum Gasteiger partial charge on any atom is 0.472 e. The van der Waals surface area contributed by atoms with Crippen LogP contribution in [0.3, 0.4) is 0 Å². The monoisotopic (exact) mass is 1320 g/mol. The van der Waals surface area contributed by atoms with Crippen LogP contribution >= 0.6 is 15.6 Å². The van der Waals surface area contributed by atoms with Crippen molar-refractivity contribution in [2.45, 2.75) is 369 Å². The van der Waals surface area contributed by atoms with Gasteiger partial charge in [0.2, 0.25) is 0 Å². The minimum Gasteiger partial charge on any atom is -0.462 e. The van der Waals surface area contributed by atoms with Crippen LogP contribution in [0.5, 0.6) is 0 Å². The number of carbonyl (C=O) groups excluding carboxylic acids is 4. The predicted molar refractivity (Wildman–Crippen MR) is 363 cm³/mol. The van der Waals surface area contributed by atoms with E-state index in [9.17, 15) is 43.2 Å². The highest BCUT2D eigenvalue weighted by atomic mass is 31.2. The molecule has 0 aromatic heterocycles. The fourth-order valence-corrected chi connectivity index (χ4v) is 12.2. The van der Waals surface area contributed by atoms with E-state index in [1.807, 2.05) is 0 Å². The average Bonchev–Trinajstić information content (AvgIpc) is 2.77. The molecule has 17 nitrogen and oxygen atoms in total. The number of rotatable bonds is 68. The molecule has 0 saturated heterocycles. The molecule has 0 aliphatic heterocycles. The zero-order chi connectivity index (χ0) is 66.8. The first-order valence-corrected chi connectivity index (χ1v) is 39.7. The van der Waals surface area contributed by atoms with Crippen LogP contribution in [0, 0.1) is 23.7 Å². The van der Waals surface area contributed by atoms with Crippen LogP contribution in [0.2, 0.25) is 0 Å². The van der Waals surface area contributed by atoms with Gasteiger partial charge in [-0.15, -0.1) is 0 Å². The van der Waals surface area contributed by atoms with Crippen molar-refractivity contribution >= 4 is 39.5 Å². The first-order chi connectivity index (χ1) is 43.1. The molecule has 0 rings (SSSR count). The number of ether oxygens (including phenoxy) is 4. The van der Waals surface area contributed by atoms with Crippen LogP contribution < -0.4 is 0 Å². The Morgan fingerprint density at radius 3 is 0.789 bits per heavy atom. The molecule has 19 heteroatoms. The average molecular weight is 1330 g/mol. The van der Waals surface area contributed by atoms with Gasteiger partial charge in [-0.1, -0.05) is 299 Å². The SMILES string of the molecule is CCC(C)CCCCCCCCCCCCCCCCC(=O)O[C@H](COC(=O)CCCCCCCCCCCC(C)C)COP(=O)(O)OCC(O)COP(=O)(O)OC[C@@H](COC(=O)CCCCCCCCCCC(C)C)OC(=O)CCCCCCCCC(C)C. The van der Waals surface area contributed by atoms with Crippen molar-refractivity contribution < 1.29 is 80.2 Å². The molecule has 0 amide bonds. The highest BCUT2D eigenvalue weighted by Crippen LogP contribution is 2.45. The molecule has 0 aliphatic rings. The van der Waals surface area contributed by atoms with Gasteiger partial charge in [-0.3, -0.25) is 37.3 Å². The second-order valence-corrected chi connectivity index (χ2v) is 30.2. The quantitative estimate of drug-likeness (QED) is 0.0222. The van der Waals surface area contributed by atoms with E-state index < -0.39 is 97.5 Å². The van der Waals surface area contributed by atoms with Gasteiger partial charge in [0.25, 0.3) is 0 Å². The molecule has 0 aromatic rings. The molecule has 6 atom stereocenters. The summed E-state index contributed by atoms with van der Waals surface area (Å²) in [4.78, 5) is 72.5. The van der Waals surface area contributed by atoms with Gasteiger partial charge >= 0.3 is 39.5 Å². The Morgan fingerprint density at radius 2 is 0.533 bits per heavy atom. The number of esters is 4. The van der Waals surface area contributed by atoms with Gasteiger partial charge in [0.1, 0.15) is 19.3 Å². The van der Waals surface area contributed by atoms with Crippen LogP contribution in [0.4, 0.5) is 0 Å². The van der Waals surface area contributed by atoms with Crippen LogP contribution in [-0.2, 0) is 65.4 Å². The van der Waals surface area contributed by atoms with Crippen molar-refractivity contribution in [1.82, 2.24) is 0 Å². The minimum absolute atomic E-state index is 0.101. The Bertz CT molecular complexity index is 1780. The van der Waals surface area contributed by atoms with E-state index in [0.717, 1.165) is 108 Å². The van der Waals surface area contributed by atoms with Crippen molar-refractivity contribution in [2.24, 2.45) is 23.7 Å². The lowest BCUT2D eigenvalue weighted by Gasteiger charge is -2.21. The summed E-state index contributed by atoms with van der Waals surface area (Å²) in [6.07, 6.45) is 43.3. The molecule has 0 aliphatic carbocycles. The number of phosphoric ester groups is 2. The number of hydrogen-bond acceptors (Lipinski definition) is 15. The third-order valence-corrected chi connectivity index (χ3v) is 18.6. The highest BCUT2D eigenvalue weighted by Gasteiger charge is 2.30. The maximum absolute atomic E-state index is 13.0. The van der Waals surface area contributed by atoms with E-state index in [2.05, 4.69) is 55.4 Å². The molecule has 0 heterocycles. The minimum atomic E-state index is -4.95. The topological polar surface area (TPSA) is 237 Å². The van der Waals surface area contributed by atoms with Gasteiger partial charge < -0.3 is 33.8 Å². The lowest BCUT2D eigenvalue weighted by atomic mass is 9.99. The van der Waals surface area contributed by atoms with Gasteiger partial charge in [0, 0.05) is 25.7 Å². The summed E-state index contributed by atoms with van der Waals surface area (Å²) >= 11 is 0. The fraction of sp³-hybridized carbons (Fsp3) is 0.944. The van der Waals surface area contributed by atoms with E-state index in [0.29, 0.717) is 31.6 Å². The van der Waals surface area contributed by atoms with Crippen molar-refractivity contribution in [2.75, 3.05) is 39.6 Å². The summed E-state index contributed by atoms with van der Waals surface area (Å²) in [7, 11) is -9.90. The van der Waals surface area contributed by atoms with Gasteiger partial charge in [-0.2, -0.15) is 0 Å². The van der Waals surface area contributed by atoms with Gasteiger partial charge in [-0.05, 0) is 49.4 Å². The molecule has 534 valence electrons. The molecular formula is C71H138O17P2. The molecule has 0 saturated carbocycles. The largest absolute Gasteiger partial charge is 0.472 e. The third-order valence-electron chi connectivity index (χ3n) is 16.7. The molecular weight excluding hydrogens is 1190 g/mol.